The first kappa shape index (κ1) is 13.4. The zero-order chi connectivity index (χ0) is 13.0. The second-order valence-electron chi connectivity index (χ2n) is 3.61. The first-order valence-corrected chi connectivity index (χ1v) is 5.84. The van der Waals surface area contributed by atoms with Gasteiger partial charge in [0, 0.05) is 0 Å². The number of thioether (sulfide) groups is 1. The van der Waals surface area contributed by atoms with E-state index in [-0.39, 0.29) is 6.04 Å². The minimum atomic E-state index is -0.870. The summed E-state index contributed by atoms with van der Waals surface area (Å²) in [7, 11) is 0. The maximum atomic E-state index is 11.5. The van der Waals surface area contributed by atoms with Crippen LogP contribution in [-0.4, -0.2) is 37.4 Å². The van der Waals surface area contributed by atoms with Gasteiger partial charge in [0.2, 0.25) is 11.1 Å². The summed E-state index contributed by atoms with van der Waals surface area (Å²) in [4.78, 5) is 22.0. The summed E-state index contributed by atoms with van der Waals surface area (Å²) in [6.45, 7) is 5.49. The second kappa shape index (κ2) is 5.62. The van der Waals surface area contributed by atoms with Crippen molar-refractivity contribution in [3.05, 3.63) is 0 Å². The molecule has 0 aliphatic heterocycles. The fourth-order valence-corrected chi connectivity index (χ4v) is 1.94. The fourth-order valence-electron chi connectivity index (χ4n) is 1.02. The smallest absolute Gasteiger partial charge is 0.318 e. The van der Waals surface area contributed by atoms with Gasteiger partial charge in [-0.3, -0.25) is 10.1 Å². The third kappa shape index (κ3) is 3.70. The maximum absolute atomic E-state index is 11.5. The Balaban J connectivity index is 2.67. The van der Waals surface area contributed by atoms with Crippen LogP contribution < -0.4 is 11.1 Å². The Hall–Kier alpha value is -1.64. The summed E-state index contributed by atoms with van der Waals surface area (Å²) in [6, 6.07) is -0.773. The van der Waals surface area contributed by atoms with E-state index < -0.39 is 17.2 Å². The number of hydrogen-bond acceptors (Lipinski definition) is 6. The molecule has 0 unspecified atom stereocenters. The molecule has 3 N–H and O–H groups in total. The van der Waals surface area contributed by atoms with Crippen LogP contribution in [-0.2, 0) is 4.79 Å². The highest BCUT2D eigenvalue weighted by atomic mass is 32.2. The Morgan fingerprint density at radius 1 is 1.41 bits per heavy atom. The molecule has 17 heavy (non-hydrogen) atoms. The second-order valence-corrected chi connectivity index (χ2v) is 4.92. The Morgan fingerprint density at radius 3 is 2.59 bits per heavy atom. The molecule has 8 nitrogen and oxygen atoms in total. The van der Waals surface area contributed by atoms with Crippen molar-refractivity contribution in [3.8, 4) is 0 Å². The first-order chi connectivity index (χ1) is 7.91. The lowest BCUT2D eigenvalue weighted by atomic mass is 10.4. The summed E-state index contributed by atoms with van der Waals surface area (Å²) < 4.78 is 1.60. The molecular formula is C8H14N6O2S. The highest BCUT2D eigenvalue weighted by molar-refractivity contribution is 8.00. The summed E-state index contributed by atoms with van der Waals surface area (Å²) in [5.41, 5.74) is 4.86. The lowest BCUT2D eigenvalue weighted by Crippen LogP contribution is -2.39. The number of urea groups is 1. The Bertz CT molecular complexity index is 418. The third-order valence-corrected chi connectivity index (χ3v) is 2.90. The van der Waals surface area contributed by atoms with Crippen molar-refractivity contribution in [1.29, 1.82) is 0 Å². The molecule has 0 spiro atoms. The molecule has 0 aliphatic rings. The van der Waals surface area contributed by atoms with Crippen molar-refractivity contribution in [1.82, 2.24) is 25.5 Å². The monoisotopic (exact) mass is 258 g/mol. The number of imide groups is 1. The quantitative estimate of drug-likeness (QED) is 0.730. The average Bonchev–Trinajstić information content (AvgIpc) is 2.64. The topological polar surface area (TPSA) is 116 Å². The summed E-state index contributed by atoms with van der Waals surface area (Å²) >= 11 is 1.16. The Labute approximate surface area is 102 Å². The number of nitrogens with one attached hydrogen (secondary N) is 1. The van der Waals surface area contributed by atoms with Crippen LogP contribution in [0.2, 0.25) is 0 Å². The molecule has 0 saturated heterocycles. The Kier molecular flexibility index (Phi) is 4.44. The van der Waals surface area contributed by atoms with Gasteiger partial charge in [-0.05, 0) is 31.2 Å². The van der Waals surface area contributed by atoms with Gasteiger partial charge in [-0.15, -0.1) is 5.10 Å². The fraction of sp³-hybridized carbons (Fsp3) is 0.625. The van der Waals surface area contributed by atoms with E-state index in [1.165, 1.54) is 0 Å². The standard InChI is InChI=1S/C8H14N6O2S/c1-4(2)14-8(11-12-13-14)17-5(3)6(15)10-7(9)16/h4-5H,1-3H3,(H3,9,10,15,16)/t5-/m1/s1. The van der Waals surface area contributed by atoms with Gasteiger partial charge in [0.05, 0.1) is 11.3 Å². The number of rotatable bonds is 4. The van der Waals surface area contributed by atoms with Crippen molar-refractivity contribution in [2.45, 2.75) is 37.2 Å². The maximum Gasteiger partial charge on any atom is 0.318 e. The summed E-state index contributed by atoms with van der Waals surface area (Å²) in [5.74, 6) is -0.471. The minimum absolute atomic E-state index is 0.0962. The lowest BCUT2D eigenvalue weighted by Gasteiger charge is -2.11. The van der Waals surface area contributed by atoms with Gasteiger partial charge in [-0.1, -0.05) is 11.8 Å². The number of primary amides is 1. The van der Waals surface area contributed by atoms with Crippen molar-refractivity contribution >= 4 is 23.7 Å². The number of nitrogens with two attached hydrogens (primary N) is 1. The molecule has 0 radical (unpaired) electrons. The zero-order valence-electron chi connectivity index (χ0n) is 9.75. The van der Waals surface area contributed by atoms with E-state index in [0.717, 1.165) is 11.8 Å². The minimum Gasteiger partial charge on any atom is -0.351 e. The van der Waals surface area contributed by atoms with E-state index in [9.17, 15) is 9.59 Å². The molecular weight excluding hydrogens is 244 g/mol. The van der Waals surface area contributed by atoms with Gasteiger partial charge in [0.25, 0.3) is 0 Å². The predicted octanol–water partition coefficient (Wildman–Crippen LogP) is -0.0705. The molecule has 1 aromatic heterocycles. The van der Waals surface area contributed by atoms with Crippen molar-refractivity contribution in [2.24, 2.45) is 5.73 Å². The number of aromatic nitrogens is 4. The summed E-state index contributed by atoms with van der Waals surface area (Å²) in [5, 5.41) is 13.2. The highest BCUT2D eigenvalue weighted by Gasteiger charge is 2.20. The van der Waals surface area contributed by atoms with E-state index in [1.807, 2.05) is 19.2 Å². The van der Waals surface area contributed by atoms with Gasteiger partial charge in [-0.2, -0.15) is 0 Å². The number of carbonyl (C=O) groups excluding carboxylic acids is 2. The SMILES string of the molecule is CC(C)n1nnnc1S[C@H](C)C(=O)NC(N)=O. The van der Waals surface area contributed by atoms with E-state index in [0.29, 0.717) is 5.16 Å². The highest BCUT2D eigenvalue weighted by Crippen LogP contribution is 2.22. The molecule has 1 atom stereocenters. The zero-order valence-corrected chi connectivity index (χ0v) is 10.6. The molecule has 0 fully saturated rings. The van der Waals surface area contributed by atoms with Crippen molar-refractivity contribution in [3.63, 3.8) is 0 Å². The lowest BCUT2D eigenvalue weighted by molar-refractivity contribution is -0.119. The van der Waals surface area contributed by atoms with Crippen LogP contribution in [0.25, 0.3) is 0 Å². The van der Waals surface area contributed by atoms with E-state index in [1.54, 1.807) is 11.6 Å². The molecule has 0 saturated carbocycles. The van der Waals surface area contributed by atoms with Gasteiger partial charge in [-0.25, -0.2) is 9.48 Å². The molecule has 1 aromatic rings. The van der Waals surface area contributed by atoms with Crippen LogP contribution >= 0.6 is 11.8 Å². The number of nitrogens with zero attached hydrogens (tertiary/aromatic N) is 4. The number of carbonyl (C=O) groups is 2. The van der Waals surface area contributed by atoms with Crippen LogP contribution in [0.15, 0.2) is 5.16 Å². The third-order valence-electron chi connectivity index (χ3n) is 1.85. The van der Waals surface area contributed by atoms with Crippen LogP contribution in [0.3, 0.4) is 0 Å². The molecule has 94 valence electrons. The van der Waals surface area contributed by atoms with Gasteiger partial charge >= 0.3 is 6.03 Å². The molecule has 1 heterocycles. The molecule has 0 aliphatic carbocycles. The van der Waals surface area contributed by atoms with Crippen LogP contribution in [0.4, 0.5) is 4.79 Å². The molecule has 9 heteroatoms. The Morgan fingerprint density at radius 2 is 2.06 bits per heavy atom. The summed E-state index contributed by atoms with van der Waals surface area (Å²) in [6.07, 6.45) is 0. The van der Waals surface area contributed by atoms with E-state index in [4.69, 9.17) is 5.73 Å². The molecule has 3 amide bonds. The van der Waals surface area contributed by atoms with Gasteiger partial charge in [0.15, 0.2) is 0 Å². The molecule has 0 bridgehead atoms. The van der Waals surface area contributed by atoms with E-state index in [2.05, 4.69) is 15.5 Å². The normalized spacial score (nSPS) is 12.5. The van der Waals surface area contributed by atoms with Crippen molar-refractivity contribution in [2.75, 3.05) is 0 Å². The van der Waals surface area contributed by atoms with Gasteiger partial charge in [0.1, 0.15) is 0 Å². The molecule has 1 rings (SSSR count). The van der Waals surface area contributed by atoms with Crippen LogP contribution in [0.5, 0.6) is 0 Å². The largest absolute Gasteiger partial charge is 0.351 e. The first-order valence-electron chi connectivity index (χ1n) is 4.96. The van der Waals surface area contributed by atoms with Crippen LogP contribution in [0, 0.1) is 0 Å². The predicted molar refractivity (Wildman–Crippen MR) is 61.2 cm³/mol. The average molecular weight is 258 g/mol. The van der Waals surface area contributed by atoms with Crippen molar-refractivity contribution < 1.29 is 9.59 Å². The number of tetrazole rings is 1. The van der Waals surface area contributed by atoms with Gasteiger partial charge < -0.3 is 5.73 Å². The number of amides is 3. The van der Waals surface area contributed by atoms with E-state index >= 15 is 0 Å². The van der Waals surface area contributed by atoms with Crippen LogP contribution in [0.1, 0.15) is 26.8 Å². The number of hydrogen-bond donors (Lipinski definition) is 2. The molecule has 0 aromatic carbocycles.